The fourth-order valence-corrected chi connectivity index (χ4v) is 0.847. The first kappa shape index (κ1) is 9.19. The van der Waals surface area contributed by atoms with Crippen LogP contribution in [0.2, 0.25) is 0 Å². The van der Waals surface area contributed by atoms with Gasteiger partial charge in [-0.2, -0.15) is 0 Å². The molecule has 0 saturated carbocycles. The van der Waals surface area contributed by atoms with E-state index in [0.717, 1.165) is 5.56 Å². The predicted octanol–water partition coefficient (Wildman–Crippen LogP) is 1.58. The summed E-state index contributed by atoms with van der Waals surface area (Å²) in [5.74, 6) is -0.284. The molecule has 0 aliphatic rings. The lowest BCUT2D eigenvalue weighted by atomic mass is 10.2. The Labute approximate surface area is 76.4 Å². The van der Waals surface area contributed by atoms with Gasteiger partial charge in [0.15, 0.2) is 11.5 Å². The molecule has 0 unspecified atom stereocenters. The lowest BCUT2D eigenvalue weighted by Crippen LogP contribution is -1.87. The average molecular weight is 177 g/mol. The maximum atomic E-state index is 9.13. The molecule has 0 aromatic heterocycles. The van der Waals surface area contributed by atoms with E-state index in [1.54, 1.807) is 18.2 Å². The third-order valence-electron chi connectivity index (χ3n) is 1.49. The SMILES string of the molecule is C=C(N)/C=C/c1ccc(O)c(O)c1. The lowest BCUT2D eigenvalue weighted by molar-refractivity contribution is 0.403. The number of rotatable bonds is 2. The number of nitrogens with two attached hydrogens (primary N) is 1. The molecular formula is C10H11NO2. The van der Waals surface area contributed by atoms with Crippen LogP contribution in [0.25, 0.3) is 6.08 Å². The summed E-state index contributed by atoms with van der Waals surface area (Å²) in [6.07, 6.45) is 3.31. The van der Waals surface area contributed by atoms with Crippen LogP contribution in [0.15, 0.2) is 36.6 Å². The van der Waals surface area contributed by atoms with E-state index < -0.39 is 0 Å². The Morgan fingerprint density at radius 1 is 1.31 bits per heavy atom. The topological polar surface area (TPSA) is 66.5 Å². The van der Waals surface area contributed by atoms with E-state index in [4.69, 9.17) is 15.9 Å². The minimum absolute atomic E-state index is 0.135. The van der Waals surface area contributed by atoms with Crippen LogP contribution in [-0.2, 0) is 0 Å². The molecule has 3 nitrogen and oxygen atoms in total. The second-order valence-electron chi connectivity index (χ2n) is 2.66. The van der Waals surface area contributed by atoms with Crippen LogP contribution in [0, 0.1) is 0 Å². The first-order valence-electron chi connectivity index (χ1n) is 3.74. The Morgan fingerprint density at radius 3 is 2.54 bits per heavy atom. The largest absolute Gasteiger partial charge is 0.504 e. The summed E-state index contributed by atoms with van der Waals surface area (Å²) in [6, 6.07) is 4.51. The van der Waals surface area contributed by atoms with Gasteiger partial charge >= 0.3 is 0 Å². The summed E-state index contributed by atoms with van der Waals surface area (Å²) in [4.78, 5) is 0. The summed E-state index contributed by atoms with van der Waals surface area (Å²) < 4.78 is 0. The van der Waals surface area contributed by atoms with Crippen LogP contribution in [0.1, 0.15) is 5.56 Å². The molecule has 0 aliphatic carbocycles. The normalized spacial score (nSPS) is 10.5. The molecule has 4 N–H and O–H groups in total. The maximum absolute atomic E-state index is 9.13. The van der Waals surface area contributed by atoms with E-state index in [-0.39, 0.29) is 11.5 Å². The molecule has 13 heavy (non-hydrogen) atoms. The Kier molecular flexibility index (Phi) is 2.59. The van der Waals surface area contributed by atoms with Gasteiger partial charge in [0.2, 0.25) is 0 Å². The molecular weight excluding hydrogens is 166 g/mol. The minimum Gasteiger partial charge on any atom is -0.504 e. The number of phenols is 2. The van der Waals surface area contributed by atoms with Gasteiger partial charge in [-0.25, -0.2) is 0 Å². The van der Waals surface area contributed by atoms with Crippen molar-refractivity contribution in [1.82, 2.24) is 0 Å². The lowest BCUT2D eigenvalue weighted by Gasteiger charge is -1.98. The molecule has 0 aliphatic heterocycles. The van der Waals surface area contributed by atoms with Crippen molar-refractivity contribution in [1.29, 1.82) is 0 Å². The zero-order valence-electron chi connectivity index (χ0n) is 7.07. The van der Waals surface area contributed by atoms with Gasteiger partial charge in [-0.15, -0.1) is 0 Å². The Bertz CT molecular complexity index is 356. The molecule has 1 rings (SSSR count). The molecule has 0 fully saturated rings. The first-order valence-corrected chi connectivity index (χ1v) is 3.74. The van der Waals surface area contributed by atoms with Crippen LogP contribution in [0.4, 0.5) is 0 Å². The molecule has 0 spiro atoms. The van der Waals surface area contributed by atoms with Crippen molar-refractivity contribution < 1.29 is 10.2 Å². The number of hydrogen-bond donors (Lipinski definition) is 3. The van der Waals surface area contributed by atoms with Gasteiger partial charge in [0.05, 0.1) is 0 Å². The van der Waals surface area contributed by atoms with Crippen molar-refractivity contribution >= 4 is 6.08 Å². The van der Waals surface area contributed by atoms with E-state index in [1.807, 2.05) is 0 Å². The van der Waals surface area contributed by atoms with E-state index in [2.05, 4.69) is 6.58 Å². The quantitative estimate of drug-likeness (QED) is 0.474. The molecule has 0 atom stereocenters. The Hall–Kier alpha value is -1.90. The number of benzene rings is 1. The second kappa shape index (κ2) is 3.67. The molecule has 3 heteroatoms. The van der Waals surface area contributed by atoms with E-state index in [0.29, 0.717) is 5.70 Å². The molecule has 0 saturated heterocycles. The number of hydrogen-bond acceptors (Lipinski definition) is 3. The van der Waals surface area contributed by atoms with Crippen molar-refractivity contribution in [3.05, 3.63) is 42.1 Å². The third-order valence-corrected chi connectivity index (χ3v) is 1.49. The average Bonchev–Trinajstić information content (AvgIpc) is 2.07. The van der Waals surface area contributed by atoms with Gasteiger partial charge in [-0.05, 0) is 23.8 Å². The van der Waals surface area contributed by atoms with Gasteiger partial charge in [0, 0.05) is 5.70 Å². The van der Waals surface area contributed by atoms with Crippen LogP contribution >= 0.6 is 0 Å². The highest BCUT2D eigenvalue weighted by molar-refractivity contribution is 5.56. The standard InChI is InChI=1S/C10H11NO2/c1-7(11)2-3-8-4-5-9(12)10(13)6-8/h2-6,12-13H,1,11H2/b3-2+. The van der Waals surface area contributed by atoms with Crippen LogP contribution < -0.4 is 5.73 Å². The van der Waals surface area contributed by atoms with Crippen molar-refractivity contribution in [3.63, 3.8) is 0 Å². The van der Waals surface area contributed by atoms with E-state index >= 15 is 0 Å². The molecule has 0 heterocycles. The Balaban J connectivity index is 2.92. The minimum atomic E-state index is -0.148. The van der Waals surface area contributed by atoms with Crippen molar-refractivity contribution in [3.8, 4) is 11.5 Å². The van der Waals surface area contributed by atoms with Crippen LogP contribution in [-0.4, -0.2) is 10.2 Å². The number of allylic oxidation sites excluding steroid dienone is 1. The molecule has 68 valence electrons. The molecule has 0 amide bonds. The maximum Gasteiger partial charge on any atom is 0.157 e. The molecule has 1 aromatic rings. The summed E-state index contributed by atoms with van der Waals surface area (Å²) >= 11 is 0. The molecule has 0 radical (unpaired) electrons. The predicted molar refractivity (Wildman–Crippen MR) is 52.1 cm³/mol. The monoisotopic (exact) mass is 177 g/mol. The van der Waals surface area contributed by atoms with Gasteiger partial charge in [-0.1, -0.05) is 18.7 Å². The van der Waals surface area contributed by atoms with E-state index in [1.165, 1.54) is 12.1 Å². The highest BCUT2D eigenvalue weighted by Crippen LogP contribution is 2.25. The third kappa shape index (κ3) is 2.56. The van der Waals surface area contributed by atoms with Crippen molar-refractivity contribution in [2.45, 2.75) is 0 Å². The van der Waals surface area contributed by atoms with Gasteiger partial charge in [0.25, 0.3) is 0 Å². The Morgan fingerprint density at radius 2 is 2.00 bits per heavy atom. The highest BCUT2D eigenvalue weighted by atomic mass is 16.3. The van der Waals surface area contributed by atoms with E-state index in [9.17, 15) is 0 Å². The zero-order chi connectivity index (χ0) is 9.84. The fourth-order valence-electron chi connectivity index (χ4n) is 0.847. The smallest absolute Gasteiger partial charge is 0.157 e. The van der Waals surface area contributed by atoms with Gasteiger partial charge in [0.1, 0.15) is 0 Å². The van der Waals surface area contributed by atoms with Crippen molar-refractivity contribution in [2.24, 2.45) is 5.73 Å². The van der Waals surface area contributed by atoms with Crippen LogP contribution in [0.5, 0.6) is 11.5 Å². The first-order chi connectivity index (χ1) is 6.09. The summed E-state index contributed by atoms with van der Waals surface area (Å²) in [5.41, 5.74) is 6.50. The number of phenolic OH excluding ortho intramolecular Hbond substituents is 2. The molecule has 1 aromatic carbocycles. The van der Waals surface area contributed by atoms with Gasteiger partial charge < -0.3 is 15.9 Å². The number of aromatic hydroxyl groups is 2. The zero-order valence-corrected chi connectivity index (χ0v) is 7.07. The van der Waals surface area contributed by atoms with Crippen LogP contribution in [0.3, 0.4) is 0 Å². The second-order valence-corrected chi connectivity index (χ2v) is 2.66. The highest BCUT2D eigenvalue weighted by Gasteiger charge is 1.97. The summed E-state index contributed by atoms with van der Waals surface area (Å²) in [7, 11) is 0. The fraction of sp³-hybridized carbons (Fsp3) is 0. The van der Waals surface area contributed by atoms with Crippen molar-refractivity contribution in [2.75, 3.05) is 0 Å². The molecule has 0 bridgehead atoms. The van der Waals surface area contributed by atoms with Gasteiger partial charge in [-0.3, -0.25) is 0 Å². The summed E-state index contributed by atoms with van der Waals surface area (Å²) in [6.45, 7) is 3.49. The summed E-state index contributed by atoms with van der Waals surface area (Å²) in [5, 5.41) is 18.1.